The molecule has 1 heterocycles. The summed E-state index contributed by atoms with van der Waals surface area (Å²) in [6.07, 6.45) is 0. The van der Waals surface area contributed by atoms with Crippen molar-refractivity contribution in [1.82, 2.24) is 4.72 Å². The molecule has 2 N–H and O–H groups in total. The maximum atomic E-state index is 12.7. The lowest BCUT2D eigenvalue weighted by atomic mass is 10.3. The predicted molar refractivity (Wildman–Crippen MR) is 82.2 cm³/mol. The molecular weight excluding hydrogens is 383 g/mol. The van der Waals surface area contributed by atoms with Gasteiger partial charge in [-0.3, -0.25) is 4.79 Å². The van der Waals surface area contributed by atoms with Crippen molar-refractivity contribution in [2.75, 3.05) is 11.9 Å². The van der Waals surface area contributed by atoms with E-state index in [1.54, 1.807) is 6.07 Å². The number of thiophene rings is 1. The molecular formula is C12H10BrFN2O3S2. The summed E-state index contributed by atoms with van der Waals surface area (Å²) in [5, 5.41) is 2.46. The maximum absolute atomic E-state index is 12.7. The van der Waals surface area contributed by atoms with Gasteiger partial charge in [0.15, 0.2) is 0 Å². The van der Waals surface area contributed by atoms with Crippen LogP contribution in [0, 0.1) is 5.82 Å². The fourth-order valence-corrected chi connectivity index (χ4v) is 4.45. The maximum Gasteiger partial charge on any atom is 0.250 e. The van der Waals surface area contributed by atoms with Crippen molar-refractivity contribution in [2.45, 2.75) is 4.21 Å². The Hall–Kier alpha value is -1.29. The summed E-state index contributed by atoms with van der Waals surface area (Å²) in [7, 11) is -3.72. The van der Waals surface area contributed by atoms with Gasteiger partial charge in [-0.2, -0.15) is 0 Å². The van der Waals surface area contributed by atoms with Crippen molar-refractivity contribution in [2.24, 2.45) is 0 Å². The second-order valence-electron chi connectivity index (χ2n) is 3.94. The fourth-order valence-electron chi connectivity index (χ4n) is 1.41. The molecule has 0 saturated carbocycles. The highest BCUT2D eigenvalue weighted by molar-refractivity contribution is 9.11. The predicted octanol–water partition coefficient (Wildman–Crippen LogP) is 2.57. The molecule has 0 unspecified atom stereocenters. The van der Waals surface area contributed by atoms with Gasteiger partial charge in [-0.1, -0.05) is 0 Å². The molecule has 1 aromatic carbocycles. The molecule has 5 nitrogen and oxygen atoms in total. The number of amides is 1. The Balaban J connectivity index is 1.93. The molecule has 1 aromatic heterocycles. The van der Waals surface area contributed by atoms with Gasteiger partial charge in [0.25, 0.3) is 10.0 Å². The van der Waals surface area contributed by atoms with Crippen LogP contribution < -0.4 is 10.0 Å². The summed E-state index contributed by atoms with van der Waals surface area (Å²) < 4.78 is 39.5. The lowest BCUT2D eigenvalue weighted by Crippen LogP contribution is -2.32. The van der Waals surface area contributed by atoms with Gasteiger partial charge < -0.3 is 5.32 Å². The van der Waals surface area contributed by atoms with E-state index in [1.165, 1.54) is 30.3 Å². The fraction of sp³-hybridized carbons (Fsp3) is 0.0833. The first kappa shape index (κ1) is 16.1. The number of halogens is 2. The summed E-state index contributed by atoms with van der Waals surface area (Å²) in [5.74, 6) is -0.960. The minimum atomic E-state index is -3.72. The van der Waals surface area contributed by atoms with E-state index >= 15 is 0 Å². The number of nitrogens with one attached hydrogen (secondary N) is 2. The molecule has 2 rings (SSSR count). The van der Waals surface area contributed by atoms with Gasteiger partial charge in [0, 0.05) is 5.69 Å². The van der Waals surface area contributed by atoms with Crippen LogP contribution in [0.15, 0.2) is 44.4 Å². The molecule has 0 atom stereocenters. The van der Waals surface area contributed by atoms with Gasteiger partial charge in [0.1, 0.15) is 10.0 Å². The zero-order valence-electron chi connectivity index (χ0n) is 10.5. The topological polar surface area (TPSA) is 75.3 Å². The van der Waals surface area contributed by atoms with Gasteiger partial charge >= 0.3 is 0 Å². The van der Waals surface area contributed by atoms with Gasteiger partial charge in [-0.15, -0.1) is 11.3 Å². The van der Waals surface area contributed by atoms with Crippen LogP contribution >= 0.6 is 27.3 Å². The van der Waals surface area contributed by atoms with Crippen LogP contribution in [-0.2, 0) is 14.8 Å². The van der Waals surface area contributed by atoms with Gasteiger partial charge in [0.05, 0.1) is 10.3 Å². The first-order chi connectivity index (χ1) is 9.87. The molecule has 0 aliphatic heterocycles. The Morgan fingerprint density at radius 2 is 1.86 bits per heavy atom. The number of hydrogen-bond donors (Lipinski definition) is 2. The molecule has 0 radical (unpaired) electrons. The number of carbonyl (C=O) groups is 1. The largest absolute Gasteiger partial charge is 0.325 e. The first-order valence-corrected chi connectivity index (χ1v) is 8.76. The third kappa shape index (κ3) is 4.60. The number of benzene rings is 1. The molecule has 9 heteroatoms. The summed E-state index contributed by atoms with van der Waals surface area (Å²) in [4.78, 5) is 11.6. The van der Waals surface area contributed by atoms with Crippen molar-refractivity contribution < 1.29 is 17.6 Å². The monoisotopic (exact) mass is 392 g/mol. The second-order valence-corrected chi connectivity index (χ2v) is 8.39. The van der Waals surface area contributed by atoms with E-state index < -0.39 is 28.3 Å². The molecule has 1 amide bonds. The molecule has 112 valence electrons. The molecule has 0 saturated heterocycles. The Labute approximate surface area is 133 Å². The van der Waals surface area contributed by atoms with E-state index in [0.29, 0.717) is 9.47 Å². The first-order valence-electron chi connectivity index (χ1n) is 5.67. The summed E-state index contributed by atoms with van der Waals surface area (Å²) >= 11 is 4.22. The second kappa shape index (κ2) is 6.65. The third-order valence-electron chi connectivity index (χ3n) is 2.36. The lowest BCUT2D eigenvalue weighted by Gasteiger charge is -2.06. The number of rotatable bonds is 5. The van der Waals surface area contributed by atoms with Crippen LogP contribution in [0.5, 0.6) is 0 Å². The van der Waals surface area contributed by atoms with Crippen molar-refractivity contribution >= 4 is 48.9 Å². The van der Waals surface area contributed by atoms with E-state index in [4.69, 9.17) is 0 Å². The van der Waals surface area contributed by atoms with Crippen LogP contribution in [0.1, 0.15) is 0 Å². The summed E-state index contributed by atoms with van der Waals surface area (Å²) in [6.45, 7) is -0.408. The van der Waals surface area contributed by atoms with Crippen LogP contribution in [0.3, 0.4) is 0 Å². The zero-order valence-corrected chi connectivity index (χ0v) is 13.7. The summed E-state index contributed by atoms with van der Waals surface area (Å²) in [5.41, 5.74) is 0.388. The smallest absolute Gasteiger partial charge is 0.250 e. The Morgan fingerprint density at radius 1 is 1.19 bits per heavy atom. The molecule has 0 aliphatic rings. The van der Waals surface area contributed by atoms with Crippen molar-refractivity contribution in [3.63, 3.8) is 0 Å². The highest BCUT2D eigenvalue weighted by Gasteiger charge is 2.17. The Kier molecular flexibility index (Phi) is 5.09. The molecule has 0 spiro atoms. The molecule has 0 fully saturated rings. The Morgan fingerprint density at radius 3 is 2.43 bits per heavy atom. The van der Waals surface area contributed by atoms with Crippen LogP contribution in [0.2, 0.25) is 0 Å². The number of hydrogen-bond acceptors (Lipinski definition) is 4. The minimum absolute atomic E-state index is 0.115. The van der Waals surface area contributed by atoms with Crippen LogP contribution in [0.25, 0.3) is 0 Å². The lowest BCUT2D eigenvalue weighted by molar-refractivity contribution is -0.115. The van der Waals surface area contributed by atoms with Crippen LogP contribution in [0.4, 0.5) is 10.1 Å². The van der Waals surface area contributed by atoms with E-state index in [-0.39, 0.29) is 4.21 Å². The van der Waals surface area contributed by atoms with E-state index in [1.807, 2.05) is 0 Å². The van der Waals surface area contributed by atoms with E-state index in [2.05, 4.69) is 26.0 Å². The Bertz CT molecular complexity index is 744. The molecule has 0 aliphatic carbocycles. The number of carbonyl (C=O) groups excluding carboxylic acids is 1. The average Bonchev–Trinajstić information content (AvgIpc) is 2.87. The van der Waals surface area contributed by atoms with E-state index in [0.717, 1.165) is 11.3 Å². The molecule has 2 aromatic rings. The zero-order chi connectivity index (χ0) is 15.5. The third-order valence-corrected chi connectivity index (χ3v) is 5.88. The normalized spacial score (nSPS) is 11.3. The summed E-state index contributed by atoms with van der Waals surface area (Å²) in [6, 6.07) is 8.22. The molecule has 0 bridgehead atoms. The SMILES string of the molecule is O=C(CNS(=O)(=O)c1ccc(Br)s1)Nc1ccc(F)cc1. The van der Waals surface area contributed by atoms with Gasteiger partial charge in [0.2, 0.25) is 5.91 Å². The van der Waals surface area contributed by atoms with Crippen molar-refractivity contribution in [1.29, 1.82) is 0 Å². The van der Waals surface area contributed by atoms with E-state index in [9.17, 15) is 17.6 Å². The number of sulfonamides is 1. The highest BCUT2D eigenvalue weighted by Crippen LogP contribution is 2.25. The minimum Gasteiger partial charge on any atom is -0.325 e. The van der Waals surface area contributed by atoms with Crippen LogP contribution in [-0.4, -0.2) is 20.9 Å². The van der Waals surface area contributed by atoms with Crippen molar-refractivity contribution in [3.05, 3.63) is 46.0 Å². The average molecular weight is 393 g/mol. The standard InChI is InChI=1S/C12H10BrFN2O3S2/c13-10-5-6-12(20-10)21(18,19)15-7-11(17)16-9-3-1-8(14)2-4-9/h1-6,15H,7H2,(H,16,17). The highest BCUT2D eigenvalue weighted by atomic mass is 79.9. The quantitative estimate of drug-likeness (QED) is 0.820. The van der Waals surface area contributed by atoms with Gasteiger partial charge in [-0.05, 0) is 52.3 Å². The van der Waals surface area contributed by atoms with Gasteiger partial charge in [-0.25, -0.2) is 17.5 Å². The van der Waals surface area contributed by atoms with Crippen molar-refractivity contribution in [3.8, 4) is 0 Å². The molecule has 21 heavy (non-hydrogen) atoms. The number of anilines is 1.